The van der Waals surface area contributed by atoms with Gasteiger partial charge in [0.2, 0.25) is 0 Å². The Labute approximate surface area is 245 Å². The molecule has 41 heavy (non-hydrogen) atoms. The van der Waals surface area contributed by atoms with Crippen molar-refractivity contribution in [1.82, 2.24) is 9.47 Å². The van der Waals surface area contributed by atoms with Gasteiger partial charge in [-0.3, -0.25) is 24.3 Å². The molecule has 1 amide bonds. The van der Waals surface area contributed by atoms with E-state index in [1.54, 1.807) is 40.7 Å². The zero-order valence-corrected chi connectivity index (χ0v) is 24.6. The second-order valence-corrected chi connectivity index (χ2v) is 11.2. The third-order valence-corrected chi connectivity index (χ3v) is 8.58. The highest BCUT2D eigenvalue weighted by molar-refractivity contribution is 7.07. The number of amides is 1. The van der Waals surface area contributed by atoms with Crippen molar-refractivity contribution in [2.45, 2.75) is 26.8 Å². The Morgan fingerprint density at radius 3 is 2.51 bits per heavy atom. The highest BCUT2D eigenvalue weighted by atomic mass is 35.5. The Bertz CT molecular complexity index is 1700. The fourth-order valence-corrected chi connectivity index (χ4v) is 6.40. The summed E-state index contributed by atoms with van der Waals surface area (Å²) < 4.78 is 7.40. The number of hydrogen-bond acceptors (Lipinski definition) is 8. The Balaban J connectivity index is 1.72. The number of ether oxygens (including phenoxy) is 1. The largest absolute Gasteiger partial charge is 0.378 e. The molecule has 1 saturated heterocycles. The highest BCUT2D eigenvalue weighted by Crippen LogP contribution is 2.32. The van der Waals surface area contributed by atoms with Crippen LogP contribution in [-0.2, 0) is 9.53 Å². The standard InChI is InChI=1S/C29H30ClN5O5S/c1-4-32(5-2)28(37)25-18(3)31-29-34(26(25)19-6-8-21(30)9-7-19)27(36)24(41-29)17-20-16-22(35(38)39)10-11-23(20)33-12-14-40-15-13-33/h6-11,16-17,26H,4-5,12-15H2,1-3H3/b24-17+/t26-/m0/s1. The number of carbonyl (C=O) groups is 1. The monoisotopic (exact) mass is 595 g/mol. The van der Waals surface area contributed by atoms with Crippen LogP contribution in [-0.4, -0.2) is 59.7 Å². The van der Waals surface area contributed by atoms with Crippen molar-refractivity contribution >= 4 is 46.3 Å². The molecule has 12 heteroatoms. The molecule has 0 aliphatic carbocycles. The van der Waals surface area contributed by atoms with Crippen LogP contribution in [0.1, 0.15) is 37.9 Å². The van der Waals surface area contributed by atoms with Crippen molar-refractivity contribution in [3.05, 3.63) is 99.7 Å². The van der Waals surface area contributed by atoms with E-state index >= 15 is 0 Å². The maximum absolute atomic E-state index is 14.1. The van der Waals surface area contributed by atoms with E-state index in [4.69, 9.17) is 21.3 Å². The number of nitrogens with zero attached hydrogens (tertiary/aromatic N) is 5. The summed E-state index contributed by atoms with van der Waals surface area (Å²) in [6.07, 6.45) is 1.69. The average Bonchev–Trinajstić information content (AvgIpc) is 3.27. The van der Waals surface area contributed by atoms with Gasteiger partial charge in [-0.25, -0.2) is 4.99 Å². The fourth-order valence-electron chi connectivity index (χ4n) is 5.24. The number of halogens is 1. The van der Waals surface area contributed by atoms with Crippen molar-refractivity contribution in [1.29, 1.82) is 0 Å². The number of anilines is 1. The van der Waals surface area contributed by atoms with E-state index in [9.17, 15) is 19.7 Å². The van der Waals surface area contributed by atoms with E-state index in [1.807, 2.05) is 26.0 Å². The summed E-state index contributed by atoms with van der Waals surface area (Å²) in [5.41, 5.74) is 2.65. The summed E-state index contributed by atoms with van der Waals surface area (Å²) >= 11 is 7.37. The maximum Gasteiger partial charge on any atom is 0.271 e. The van der Waals surface area contributed by atoms with Crippen molar-refractivity contribution in [3.8, 4) is 0 Å². The first kappa shape index (κ1) is 28.7. The third kappa shape index (κ3) is 5.57. The van der Waals surface area contributed by atoms with Crippen LogP contribution in [0.3, 0.4) is 0 Å². The molecule has 0 N–H and O–H groups in total. The van der Waals surface area contributed by atoms with Gasteiger partial charge in [-0.1, -0.05) is 35.1 Å². The van der Waals surface area contributed by atoms with E-state index in [-0.39, 0.29) is 17.2 Å². The Kier molecular flexibility index (Phi) is 8.39. The molecule has 1 fully saturated rings. The predicted molar refractivity (Wildman–Crippen MR) is 159 cm³/mol. The van der Waals surface area contributed by atoms with E-state index < -0.39 is 11.0 Å². The Morgan fingerprint density at radius 2 is 1.88 bits per heavy atom. The topological polar surface area (TPSA) is 110 Å². The number of nitro benzene ring substituents is 1. The van der Waals surface area contributed by atoms with Gasteiger partial charge in [-0.05, 0) is 50.6 Å². The lowest BCUT2D eigenvalue weighted by Gasteiger charge is -2.30. The molecular weight excluding hydrogens is 566 g/mol. The molecule has 3 heterocycles. The van der Waals surface area contributed by atoms with Crippen molar-refractivity contribution in [2.24, 2.45) is 4.99 Å². The number of morpholine rings is 1. The predicted octanol–water partition coefficient (Wildman–Crippen LogP) is 3.50. The van der Waals surface area contributed by atoms with Crippen LogP contribution in [0.2, 0.25) is 5.02 Å². The van der Waals surface area contributed by atoms with Gasteiger partial charge in [0.25, 0.3) is 17.2 Å². The molecule has 3 aromatic rings. The molecule has 0 unspecified atom stereocenters. The SMILES string of the molecule is CCN(CC)C(=O)C1=C(C)N=c2s/c(=C/c3cc([N+](=O)[O-])ccc3N3CCOCC3)c(=O)n2[C@H]1c1ccc(Cl)cc1. The minimum Gasteiger partial charge on any atom is -0.378 e. The summed E-state index contributed by atoms with van der Waals surface area (Å²) in [5.74, 6) is -0.182. The number of non-ortho nitro benzene ring substituents is 1. The molecule has 2 aliphatic rings. The van der Waals surface area contributed by atoms with E-state index in [0.29, 0.717) is 70.6 Å². The zero-order valence-electron chi connectivity index (χ0n) is 23.0. The maximum atomic E-state index is 14.1. The number of likely N-dealkylation sites (N-methyl/N-ethyl adjacent to an activating group) is 1. The molecule has 10 nitrogen and oxygen atoms in total. The number of nitro groups is 1. The number of carbonyl (C=O) groups excluding carboxylic acids is 1. The van der Waals surface area contributed by atoms with Gasteiger partial charge in [-0.15, -0.1) is 0 Å². The quantitative estimate of drug-likeness (QED) is 0.305. The average molecular weight is 596 g/mol. The molecule has 5 rings (SSSR count). The summed E-state index contributed by atoms with van der Waals surface area (Å²) in [6, 6.07) is 11.1. The lowest BCUT2D eigenvalue weighted by molar-refractivity contribution is -0.384. The number of hydrogen-bond donors (Lipinski definition) is 0. The number of allylic oxidation sites excluding steroid dienone is 1. The number of fused-ring (bicyclic) bond motifs is 1. The first-order valence-corrected chi connectivity index (χ1v) is 14.6. The minimum atomic E-state index is -0.706. The second-order valence-electron chi connectivity index (χ2n) is 9.71. The van der Waals surface area contributed by atoms with Gasteiger partial charge in [0.15, 0.2) is 4.80 Å². The van der Waals surface area contributed by atoms with E-state index in [2.05, 4.69) is 4.90 Å². The van der Waals surface area contributed by atoms with E-state index in [0.717, 1.165) is 11.3 Å². The molecule has 2 aliphatic heterocycles. The van der Waals surface area contributed by atoms with Crippen LogP contribution < -0.4 is 19.8 Å². The Hall–Kier alpha value is -3.80. The van der Waals surface area contributed by atoms with Crippen molar-refractivity contribution in [3.63, 3.8) is 0 Å². The van der Waals surface area contributed by atoms with Crippen LogP contribution in [0.15, 0.2) is 63.5 Å². The minimum absolute atomic E-state index is 0.0666. The fraction of sp³-hybridized carbons (Fsp3) is 0.345. The summed E-state index contributed by atoms with van der Waals surface area (Å²) in [6.45, 7) is 8.99. The van der Waals surface area contributed by atoms with Crippen LogP contribution in [0.4, 0.5) is 11.4 Å². The summed E-state index contributed by atoms with van der Waals surface area (Å²) in [4.78, 5) is 48.0. The molecule has 0 saturated carbocycles. The second kappa shape index (κ2) is 12.0. The molecule has 1 atom stereocenters. The summed E-state index contributed by atoms with van der Waals surface area (Å²) in [5, 5.41) is 12.2. The lowest BCUT2D eigenvalue weighted by Crippen LogP contribution is -2.43. The number of benzene rings is 2. The number of thiazole rings is 1. The normalized spacial score (nSPS) is 17.3. The first-order chi connectivity index (χ1) is 19.7. The van der Waals surface area contributed by atoms with Gasteiger partial charge in [0.1, 0.15) is 0 Å². The lowest BCUT2D eigenvalue weighted by atomic mass is 9.94. The molecule has 0 spiro atoms. The van der Waals surface area contributed by atoms with Gasteiger partial charge in [0.05, 0.1) is 40.0 Å². The molecule has 0 radical (unpaired) electrons. The molecule has 2 aromatic carbocycles. The van der Waals surface area contributed by atoms with Crippen molar-refractivity contribution < 1.29 is 14.5 Å². The zero-order chi connectivity index (χ0) is 29.3. The smallest absolute Gasteiger partial charge is 0.271 e. The molecule has 214 valence electrons. The summed E-state index contributed by atoms with van der Waals surface area (Å²) in [7, 11) is 0. The Morgan fingerprint density at radius 1 is 1.20 bits per heavy atom. The van der Waals surface area contributed by atoms with Crippen molar-refractivity contribution in [2.75, 3.05) is 44.3 Å². The molecular formula is C29H30ClN5O5S. The van der Waals surface area contributed by atoms with Crippen LogP contribution in [0.5, 0.6) is 0 Å². The first-order valence-electron chi connectivity index (χ1n) is 13.4. The number of rotatable bonds is 7. The molecule has 0 bridgehead atoms. The van der Waals surface area contributed by atoms with Gasteiger partial charge >= 0.3 is 0 Å². The van der Waals surface area contributed by atoms with Crippen LogP contribution in [0, 0.1) is 10.1 Å². The van der Waals surface area contributed by atoms with Crippen LogP contribution >= 0.6 is 22.9 Å². The highest BCUT2D eigenvalue weighted by Gasteiger charge is 2.34. The molecule has 1 aromatic heterocycles. The van der Waals surface area contributed by atoms with Gasteiger partial charge in [0, 0.05) is 54.6 Å². The van der Waals surface area contributed by atoms with Gasteiger partial charge in [-0.2, -0.15) is 0 Å². The number of aromatic nitrogens is 1. The van der Waals surface area contributed by atoms with Crippen LogP contribution in [0.25, 0.3) is 6.08 Å². The third-order valence-electron chi connectivity index (χ3n) is 7.35. The van der Waals surface area contributed by atoms with Gasteiger partial charge < -0.3 is 14.5 Å². The van der Waals surface area contributed by atoms with E-state index in [1.165, 1.54) is 23.5 Å².